The van der Waals surface area contributed by atoms with E-state index in [1.54, 1.807) is 0 Å². The zero-order chi connectivity index (χ0) is 13.9. The van der Waals surface area contributed by atoms with Crippen LogP contribution in [-0.2, 0) is 9.84 Å². The smallest absolute Gasteiger partial charge is 0.269 e. The van der Waals surface area contributed by atoms with Crippen molar-refractivity contribution in [2.45, 2.75) is 17.7 Å². The van der Waals surface area contributed by atoms with Gasteiger partial charge in [-0.3, -0.25) is 10.1 Å². The molecule has 0 saturated heterocycles. The van der Waals surface area contributed by atoms with E-state index in [2.05, 4.69) is 0 Å². The van der Waals surface area contributed by atoms with Crippen LogP contribution in [-0.4, -0.2) is 28.9 Å². The van der Waals surface area contributed by atoms with Crippen molar-refractivity contribution in [3.63, 3.8) is 0 Å². The monoisotopic (exact) mass is 293 g/mol. The van der Waals surface area contributed by atoms with Crippen molar-refractivity contribution >= 4 is 27.1 Å². The maximum atomic E-state index is 11.5. The van der Waals surface area contributed by atoms with Crippen molar-refractivity contribution in [1.29, 1.82) is 0 Å². The van der Waals surface area contributed by atoms with Crippen LogP contribution in [0, 0.1) is 10.1 Å². The molecule has 6 nitrogen and oxygen atoms in total. The molecular weight excluding hydrogens is 282 g/mol. The first-order valence-corrected chi connectivity index (χ1v) is 7.23. The molecule has 2 atom stereocenters. The Hall–Kier alpha value is -1.18. The number of nitrogens with zero attached hydrogens (tertiary/aromatic N) is 1. The molecule has 0 amide bonds. The summed E-state index contributed by atoms with van der Waals surface area (Å²) in [5.74, 6) is -0.189. The zero-order valence-electron chi connectivity index (χ0n) is 9.48. The van der Waals surface area contributed by atoms with Gasteiger partial charge in [0.05, 0.1) is 4.92 Å². The lowest BCUT2D eigenvalue weighted by atomic mass is 10.1. The number of nitro benzene ring substituents is 1. The summed E-state index contributed by atoms with van der Waals surface area (Å²) in [7, 11) is -3.59. The molecule has 100 valence electrons. The van der Waals surface area contributed by atoms with Gasteiger partial charge in [0.1, 0.15) is 6.10 Å². The SMILES string of the molecule is CCS(=O)(=O)[C@@H](Cl)[C@H](O)c1ccc([N+](=O)[O-])cc1. The molecule has 0 saturated carbocycles. The predicted octanol–water partition coefficient (Wildman–Crippen LogP) is 1.63. The summed E-state index contributed by atoms with van der Waals surface area (Å²) in [5, 5.41) is 20.2. The summed E-state index contributed by atoms with van der Waals surface area (Å²) >= 11 is 5.69. The van der Waals surface area contributed by atoms with Crippen molar-refractivity contribution in [2.24, 2.45) is 0 Å². The van der Waals surface area contributed by atoms with Crippen LogP contribution in [0.2, 0.25) is 0 Å². The van der Waals surface area contributed by atoms with Crippen LogP contribution in [0.25, 0.3) is 0 Å². The van der Waals surface area contributed by atoms with Gasteiger partial charge < -0.3 is 5.11 Å². The number of aliphatic hydroxyl groups excluding tert-OH is 1. The Morgan fingerprint density at radius 2 is 1.89 bits per heavy atom. The molecule has 0 aliphatic carbocycles. The molecule has 0 aliphatic heterocycles. The van der Waals surface area contributed by atoms with Crippen LogP contribution in [0.3, 0.4) is 0 Å². The highest BCUT2D eigenvalue weighted by Gasteiger charge is 2.30. The van der Waals surface area contributed by atoms with E-state index >= 15 is 0 Å². The third-order valence-electron chi connectivity index (χ3n) is 2.44. The second kappa shape index (κ2) is 5.64. The third-order valence-corrected chi connectivity index (χ3v) is 5.24. The lowest BCUT2D eigenvalue weighted by Crippen LogP contribution is -2.24. The fourth-order valence-corrected chi connectivity index (χ4v) is 2.69. The number of aliphatic hydroxyl groups is 1. The Morgan fingerprint density at radius 3 is 2.28 bits per heavy atom. The molecule has 0 aliphatic rings. The van der Waals surface area contributed by atoms with E-state index in [4.69, 9.17) is 11.6 Å². The van der Waals surface area contributed by atoms with E-state index in [-0.39, 0.29) is 17.0 Å². The summed E-state index contributed by atoms with van der Waals surface area (Å²) in [6.45, 7) is 1.42. The predicted molar refractivity (Wildman–Crippen MR) is 67.2 cm³/mol. The number of hydrogen-bond acceptors (Lipinski definition) is 5. The number of hydrogen-bond donors (Lipinski definition) is 1. The van der Waals surface area contributed by atoms with Gasteiger partial charge in [-0.1, -0.05) is 6.92 Å². The van der Waals surface area contributed by atoms with Crippen LogP contribution >= 0.6 is 11.6 Å². The van der Waals surface area contributed by atoms with Crippen LogP contribution in [0.4, 0.5) is 5.69 Å². The number of halogens is 1. The quantitative estimate of drug-likeness (QED) is 0.505. The Balaban J connectivity index is 2.98. The molecule has 0 spiro atoms. The standard InChI is InChI=1S/C10H12ClNO5S/c1-2-18(16,17)10(11)9(13)7-3-5-8(6-4-7)12(14)15/h3-6,9-10,13H,2H2,1H3/t9-,10-/m1/s1. The molecule has 0 radical (unpaired) electrons. The maximum Gasteiger partial charge on any atom is 0.269 e. The lowest BCUT2D eigenvalue weighted by molar-refractivity contribution is -0.384. The van der Waals surface area contributed by atoms with Crippen LogP contribution in [0.5, 0.6) is 0 Å². The van der Waals surface area contributed by atoms with Gasteiger partial charge in [0.15, 0.2) is 14.5 Å². The average molecular weight is 294 g/mol. The highest BCUT2D eigenvalue weighted by atomic mass is 35.5. The van der Waals surface area contributed by atoms with Crippen LogP contribution in [0.1, 0.15) is 18.6 Å². The van der Waals surface area contributed by atoms with Gasteiger partial charge in [0.2, 0.25) is 0 Å². The Labute approximate surface area is 109 Å². The van der Waals surface area contributed by atoms with Gasteiger partial charge in [0.25, 0.3) is 5.69 Å². The first-order chi connectivity index (χ1) is 8.29. The van der Waals surface area contributed by atoms with Crippen molar-refractivity contribution < 1.29 is 18.4 Å². The summed E-state index contributed by atoms with van der Waals surface area (Å²) in [5.41, 5.74) is 0.0769. The molecule has 1 N–H and O–H groups in total. The molecule has 0 unspecified atom stereocenters. The highest BCUT2D eigenvalue weighted by molar-refractivity contribution is 7.93. The molecule has 1 rings (SSSR count). The van der Waals surface area contributed by atoms with E-state index in [1.165, 1.54) is 31.2 Å². The van der Waals surface area contributed by atoms with Crippen molar-refractivity contribution in [3.05, 3.63) is 39.9 Å². The van der Waals surface area contributed by atoms with Crippen LogP contribution < -0.4 is 0 Å². The largest absolute Gasteiger partial charge is 0.386 e. The van der Waals surface area contributed by atoms with Gasteiger partial charge in [-0.05, 0) is 17.7 Å². The number of rotatable bonds is 5. The maximum absolute atomic E-state index is 11.5. The molecule has 1 aromatic carbocycles. The van der Waals surface area contributed by atoms with E-state index in [1.807, 2.05) is 0 Å². The minimum atomic E-state index is -3.59. The summed E-state index contributed by atoms with van der Waals surface area (Å²) < 4.78 is 21.5. The Kier molecular flexibility index (Phi) is 4.66. The lowest BCUT2D eigenvalue weighted by Gasteiger charge is -2.16. The van der Waals surface area contributed by atoms with Crippen LogP contribution in [0.15, 0.2) is 24.3 Å². The Morgan fingerprint density at radius 1 is 1.39 bits per heavy atom. The van der Waals surface area contributed by atoms with E-state index in [9.17, 15) is 23.6 Å². The van der Waals surface area contributed by atoms with E-state index in [0.29, 0.717) is 0 Å². The van der Waals surface area contributed by atoms with Crippen molar-refractivity contribution in [1.82, 2.24) is 0 Å². The van der Waals surface area contributed by atoms with Crippen molar-refractivity contribution in [3.8, 4) is 0 Å². The van der Waals surface area contributed by atoms with Crippen molar-refractivity contribution in [2.75, 3.05) is 5.75 Å². The molecule has 0 aromatic heterocycles. The van der Waals surface area contributed by atoms with Gasteiger partial charge in [-0.15, -0.1) is 11.6 Å². The fraction of sp³-hybridized carbons (Fsp3) is 0.400. The summed E-state index contributed by atoms with van der Waals surface area (Å²) in [6, 6.07) is 4.92. The molecule has 0 fully saturated rings. The molecule has 0 heterocycles. The fourth-order valence-electron chi connectivity index (χ4n) is 1.30. The molecular formula is C10H12ClNO5S. The minimum absolute atomic E-state index is 0.143. The second-order valence-electron chi connectivity index (χ2n) is 3.60. The topological polar surface area (TPSA) is 97.5 Å². The average Bonchev–Trinajstić information content (AvgIpc) is 2.37. The molecule has 0 bridgehead atoms. The van der Waals surface area contributed by atoms with Gasteiger partial charge >= 0.3 is 0 Å². The number of benzene rings is 1. The Bertz CT molecular complexity index is 528. The zero-order valence-corrected chi connectivity index (χ0v) is 11.1. The minimum Gasteiger partial charge on any atom is -0.386 e. The van der Waals surface area contributed by atoms with Gasteiger partial charge in [0, 0.05) is 17.9 Å². The molecule has 1 aromatic rings. The summed E-state index contributed by atoms with van der Waals surface area (Å²) in [6.07, 6.45) is -1.42. The van der Waals surface area contributed by atoms with E-state index < -0.39 is 25.6 Å². The first kappa shape index (κ1) is 14.9. The third kappa shape index (κ3) is 3.18. The molecule has 18 heavy (non-hydrogen) atoms. The highest BCUT2D eigenvalue weighted by Crippen LogP contribution is 2.27. The molecule has 8 heteroatoms. The summed E-state index contributed by atoms with van der Waals surface area (Å²) in [4.78, 5) is 9.86. The number of sulfone groups is 1. The first-order valence-electron chi connectivity index (χ1n) is 5.07. The number of alkyl halides is 1. The van der Waals surface area contributed by atoms with E-state index in [0.717, 1.165) is 0 Å². The second-order valence-corrected chi connectivity index (χ2v) is 6.74. The number of nitro groups is 1. The normalized spacial score (nSPS) is 15.1. The van der Waals surface area contributed by atoms with Gasteiger partial charge in [-0.25, -0.2) is 8.42 Å². The number of non-ortho nitro benzene ring substituents is 1. The van der Waals surface area contributed by atoms with Gasteiger partial charge in [-0.2, -0.15) is 0 Å².